The number of nitrogens with zero attached hydrogens (tertiary/aromatic N) is 4. The number of benzene rings is 4. The van der Waals surface area contributed by atoms with Crippen LogP contribution in [-0.4, -0.2) is 71.7 Å². The van der Waals surface area contributed by atoms with Gasteiger partial charge < -0.3 is 24.2 Å². The number of rotatable bonds is 14. The van der Waals surface area contributed by atoms with Crippen LogP contribution >= 0.6 is 22.6 Å². The maximum Gasteiger partial charge on any atom is 0.416 e. The lowest BCUT2D eigenvalue weighted by atomic mass is 10.0. The van der Waals surface area contributed by atoms with Crippen molar-refractivity contribution in [2.24, 2.45) is 0 Å². The number of anilines is 1. The molecule has 0 aliphatic carbocycles. The lowest BCUT2D eigenvalue weighted by Crippen LogP contribution is -2.58. The molecule has 0 bridgehead atoms. The topological polar surface area (TPSA) is 86.1 Å². The van der Waals surface area contributed by atoms with Crippen molar-refractivity contribution < 1.29 is 32.2 Å². The SMILES string of the molecule is CN(CCOCc1cccc(C#N)c1)C(=O)C(I)(Cc1ccccc1)N(Cc1ccc(N2CCOCC2)cc1)C(=O)C=Cc1ccc(C(F)(F)F)cc1. The van der Waals surface area contributed by atoms with Gasteiger partial charge in [0.15, 0.2) is 3.55 Å². The van der Waals surface area contributed by atoms with Gasteiger partial charge >= 0.3 is 6.18 Å². The molecule has 276 valence electrons. The number of halogens is 4. The third-order valence-electron chi connectivity index (χ3n) is 8.85. The number of nitriles is 1. The van der Waals surface area contributed by atoms with Crippen molar-refractivity contribution in [1.82, 2.24) is 9.80 Å². The van der Waals surface area contributed by atoms with Gasteiger partial charge in [-0.1, -0.05) is 66.7 Å². The van der Waals surface area contributed by atoms with Crippen molar-refractivity contribution in [3.05, 3.63) is 143 Å². The van der Waals surface area contributed by atoms with Gasteiger partial charge in [-0.15, -0.1) is 0 Å². The van der Waals surface area contributed by atoms with Gasteiger partial charge in [0.1, 0.15) is 0 Å². The first-order valence-electron chi connectivity index (χ1n) is 17.1. The fraction of sp³-hybridized carbons (Fsp3) is 0.293. The van der Waals surface area contributed by atoms with Gasteiger partial charge in [-0.05, 0) is 87.3 Å². The summed E-state index contributed by atoms with van der Waals surface area (Å²) in [5.41, 5.74) is 3.64. The van der Waals surface area contributed by atoms with Crippen LogP contribution in [0.2, 0.25) is 0 Å². The lowest BCUT2D eigenvalue weighted by molar-refractivity contribution is -0.144. The molecule has 0 spiro atoms. The molecule has 0 radical (unpaired) electrons. The van der Waals surface area contributed by atoms with Crippen LogP contribution in [0.15, 0.2) is 109 Å². The maximum absolute atomic E-state index is 14.6. The van der Waals surface area contributed by atoms with E-state index in [0.29, 0.717) is 24.3 Å². The van der Waals surface area contributed by atoms with E-state index in [1.165, 1.54) is 29.2 Å². The molecule has 1 saturated heterocycles. The van der Waals surface area contributed by atoms with Gasteiger partial charge in [-0.2, -0.15) is 18.4 Å². The van der Waals surface area contributed by atoms with E-state index in [1.807, 2.05) is 60.7 Å². The van der Waals surface area contributed by atoms with E-state index < -0.39 is 21.2 Å². The molecular weight excluding hydrogens is 796 g/mol. The first kappa shape index (κ1) is 39.5. The van der Waals surface area contributed by atoms with Crippen molar-refractivity contribution in [3.63, 3.8) is 0 Å². The minimum absolute atomic E-state index is 0.0840. The summed E-state index contributed by atoms with van der Waals surface area (Å²) in [6, 6.07) is 31.1. The van der Waals surface area contributed by atoms with E-state index in [-0.39, 0.29) is 38.6 Å². The van der Waals surface area contributed by atoms with Crippen LogP contribution in [0.5, 0.6) is 0 Å². The van der Waals surface area contributed by atoms with Crippen LogP contribution in [0.3, 0.4) is 0 Å². The van der Waals surface area contributed by atoms with Crippen molar-refractivity contribution in [1.29, 1.82) is 5.26 Å². The summed E-state index contributed by atoms with van der Waals surface area (Å²) in [6.45, 7) is 3.60. The van der Waals surface area contributed by atoms with E-state index in [0.717, 1.165) is 47.6 Å². The highest BCUT2D eigenvalue weighted by atomic mass is 127. The zero-order valence-corrected chi connectivity index (χ0v) is 31.4. The predicted molar refractivity (Wildman–Crippen MR) is 206 cm³/mol. The molecule has 1 aliphatic heterocycles. The molecular formula is C41H40F3IN4O4. The molecule has 12 heteroatoms. The third kappa shape index (κ3) is 10.9. The number of hydrogen-bond donors (Lipinski definition) is 0. The van der Waals surface area contributed by atoms with Crippen LogP contribution in [0.25, 0.3) is 6.08 Å². The molecule has 1 fully saturated rings. The van der Waals surface area contributed by atoms with Gasteiger partial charge in [0, 0.05) is 51.4 Å². The van der Waals surface area contributed by atoms with Crippen LogP contribution in [-0.2, 0) is 44.8 Å². The smallest absolute Gasteiger partial charge is 0.378 e. The van der Waals surface area contributed by atoms with E-state index >= 15 is 0 Å². The molecule has 1 atom stereocenters. The average Bonchev–Trinajstić information content (AvgIpc) is 3.18. The van der Waals surface area contributed by atoms with Crippen molar-refractivity contribution in [2.75, 3.05) is 51.4 Å². The number of carbonyl (C=O) groups is 2. The first-order chi connectivity index (χ1) is 25.5. The maximum atomic E-state index is 14.6. The third-order valence-corrected chi connectivity index (χ3v) is 10.3. The number of alkyl halides is 4. The van der Waals surface area contributed by atoms with Crippen LogP contribution < -0.4 is 4.90 Å². The van der Waals surface area contributed by atoms with Crippen LogP contribution in [0.4, 0.5) is 18.9 Å². The average molecular weight is 837 g/mol. The van der Waals surface area contributed by atoms with E-state index in [1.54, 1.807) is 30.1 Å². The Labute approximate surface area is 321 Å². The molecule has 4 aromatic carbocycles. The Morgan fingerprint density at radius 3 is 2.26 bits per heavy atom. The Morgan fingerprint density at radius 2 is 1.60 bits per heavy atom. The molecule has 0 aromatic heterocycles. The largest absolute Gasteiger partial charge is 0.416 e. The second-order valence-electron chi connectivity index (χ2n) is 12.7. The van der Waals surface area contributed by atoms with Gasteiger partial charge in [-0.3, -0.25) is 9.59 Å². The summed E-state index contributed by atoms with van der Waals surface area (Å²) in [6.07, 6.45) is -1.54. The molecule has 0 N–H and O–H groups in total. The second kappa shape index (κ2) is 18.4. The van der Waals surface area contributed by atoms with Gasteiger partial charge in [0.05, 0.1) is 43.6 Å². The first-order valence-corrected chi connectivity index (χ1v) is 18.2. The van der Waals surface area contributed by atoms with Crippen molar-refractivity contribution in [3.8, 4) is 6.07 Å². The number of carbonyl (C=O) groups excluding carboxylic acids is 2. The van der Waals surface area contributed by atoms with Crippen LogP contribution in [0.1, 0.15) is 33.4 Å². The summed E-state index contributed by atoms with van der Waals surface area (Å²) >= 11 is 2.07. The minimum atomic E-state index is -4.48. The molecule has 1 unspecified atom stereocenters. The Hall–Kier alpha value is -4.71. The summed E-state index contributed by atoms with van der Waals surface area (Å²) in [5.74, 6) is -0.805. The molecule has 5 rings (SSSR count). The van der Waals surface area contributed by atoms with Crippen LogP contribution in [0, 0.1) is 11.3 Å². The zero-order chi connectivity index (χ0) is 37.8. The zero-order valence-electron chi connectivity index (χ0n) is 29.3. The molecule has 1 heterocycles. The van der Waals surface area contributed by atoms with Crippen molar-refractivity contribution >= 4 is 46.2 Å². The highest BCUT2D eigenvalue weighted by molar-refractivity contribution is 14.1. The quantitative estimate of drug-likeness (QED) is 0.0430. The Balaban J connectivity index is 1.42. The molecule has 4 aromatic rings. The Morgan fingerprint density at radius 1 is 0.925 bits per heavy atom. The van der Waals surface area contributed by atoms with E-state index in [2.05, 4.69) is 33.6 Å². The highest BCUT2D eigenvalue weighted by Gasteiger charge is 2.45. The standard InChI is InChI=1S/C41H40F3IN4O4/c1-47(20-23-53-30-35-9-5-8-34(26-35)28-46)39(51)40(45,27-32-6-3-2-4-7-32)49(29-33-12-17-37(18-13-33)48-21-24-52-25-22-48)38(50)19-14-31-10-15-36(16-11-31)41(42,43)44/h2-19,26H,20-25,27,29-30H2,1H3. The number of ether oxygens (including phenoxy) is 2. The van der Waals surface area contributed by atoms with E-state index in [4.69, 9.17) is 9.47 Å². The highest BCUT2D eigenvalue weighted by Crippen LogP contribution is 2.34. The molecule has 2 amide bonds. The summed E-state index contributed by atoms with van der Waals surface area (Å²) in [4.78, 5) is 34.2. The Bertz CT molecular complexity index is 1890. The summed E-state index contributed by atoms with van der Waals surface area (Å²) in [7, 11) is 1.66. The fourth-order valence-corrected chi connectivity index (χ4v) is 7.16. The lowest BCUT2D eigenvalue weighted by Gasteiger charge is -2.40. The minimum Gasteiger partial charge on any atom is -0.378 e. The van der Waals surface area contributed by atoms with E-state index in [9.17, 15) is 28.0 Å². The summed E-state index contributed by atoms with van der Waals surface area (Å²) in [5, 5.41) is 9.21. The Kier molecular flexibility index (Phi) is 13.7. The number of amides is 2. The molecule has 53 heavy (non-hydrogen) atoms. The number of morpholine rings is 1. The number of hydrogen-bond acceptors (Lipinski definition) is 6. The second-order valence-corrected chi connectivity index (χ2v) is 14.4. The molecule has 8 nitrogen and oxygen atoms in total. The number of likely N-dealkylation sites (N-methyl/N-ethyl adjacent to an activating group) is 1. The molecule has 0 saturated carbocycles. The predicted octanol–water partition coefficient (Wildman–Crippen LogP) is 7.50. The normalized spacial score (nSPS) is 14.4. The monoisotopic (exact) mass is 836 g/mol. The van der Waals surface area contributed by atoms with Crippen molar-refractivity contribution in [2.45, 2.75) is 29.3 Å². The van der Waals surface area contributed by atoms with Gasteiger partial charge in [0.2, 0.25) is 5.91 Å². The summed E-state index contributed by atoms with van der Waals surface area (Å²) < 4.78 is 49.5. The fourth-order valence-electron chi connectivity index (χ4n) is 5.90. The molecule has 1 aliphatic rings. The van der Waals surface area contributed by atoms with Gasteiger partial charge in [-0.25, -0.2) is 0 Å². The van der Waals surface area contributed by atoms with Gasteiger partial charge in [0.25, 0.3) is 5.91 Å².